The summed E-state index contributed by atoms with van der Waals surface area (Å²) in [5.41, 5.74) is 4.20. The Labute approximate surface area is 163 Å². The van der Waals surface area contributed by atoms with Gasteiger partial charge in [-0.2, -0.15) is 0 Å². The van der Waals surface area contributed by atoms with E-state index in [0.717, 1.165) is 47.4 Å². The molecule has 0 radical (unpaired) electrons. The highest BCUT2D eigenvalue weighted by Gasteiger charge is 2.30. The van der Waals surface area contributed by atoms with Crippen LogP contribution in [0, 0.1) is 0 Å². The van der Waals surface area contributed by atoms with Gasteiger partial charge >= 0.3 is 0 Å². The van der Waals surface area contributed by atoms with Gasteiger partial charge in [0.15, 0.2) is 0 Å². The Morgan fingerprint density at radius 3 is 2.75 bits per heavy atom. The zero-order valence-corrected chi connectivity index (χ0v) is 16.4. The van der Waals surface area contributed by atoms with Gasteiger partial charge in [0.25, 0.3) is 0 Å². The van der Waals surface area contributed by atoms with E-state index in [9.17, 15) is 0 Å². The number of anilines is 1. The monoisotopic (exact) mass is 376 g/mol. The molecule has 0 aliphatic heterocycles. The number of hydrogen-bond acceptors (Lipinski definition) is 6. The van der Waals surface area contributed by atoms with Crippen molar-refractivity contribution in [3.8, 4) is 11.1 Å². The van der Waals surface area contributed by atoms with E-state index in [1.54, 1.807) is 0 Å². The molecule has 1 aliphatic rings. The summed E-state index contributed by atoms with van der Waals surface area (Å²) in [7, 11) is 4.26. The van der Waals surface area contributed by atoms with Gasteiger partial charge in [0.1, 0.15) is 0 Å². The molecule has 4 heterocycles. The molecule has 5 rings (SSSR count). The zero-order valence-electron chi connectivity index (χ0n) is 16.4. The molecule has 0 spiro atoms. The van der Waals surface area contributed by atoms with E-state index in [2.05, 4.69) is 63.5 Å². The molecule has 4 aromatic heterocycles. The molecule has 8 heteroatoms. The van der Waals surface area contributed by atoms with Crippen LogP contribution < -0.4 is 5.32 Å². The van der Waals surface area contributed by atoms with Crippen molar-refractivity contribution in [3.63, 3.8) is 0 Å². The molecule has 1 saturated carbocycles. The highest BCUT2D eigenvalue weighted by Crippen LogP contribution is 2.28. The maximum atomic E-state index is 4.64. The third-order valence-electron chi connectivity index (χ3n) is 5.71. The zero-order chi connectivity index (χ0) is 19.3. The van der Waals surface area contributed by atoms with Gasteiger partial charge in [-0.1, -0.05) is 6.92 Å². The van der Waals surface area contributed by atoms with Crippen LogP contribution in [0.15, 0.2) is 37.1 Å². The van der Waals surface area contributed by atoms with E-state index >= 15 is 0 Å². The number of nitrogens with zero attached hydrogens (tertiary/aromatic N) is 7. The molecule has 0 bridgehead atoms. The fourth-order valence-electron chi connectivity index (χ4n) is 3.84. The summed E-state index contributed by atoms with van der Waals surface area (Å²) in [4.78, 5) is 15.7. The largest absolute Gasteiger partial charge is 0.350 e. The molecule has 0 amide bonds. The minimum atomic E-state index is 0.445. The van der Waals surface area contributed by atoms with Crippen LogP contribution in [0.1, 0.15) is 25.5 Å². The van der Waals surface area contributed by atoms with Crippen LogP contribution in [0.3, 0.4) is 0 Å². The Hall–Kier alpha value is -3.00. The van der Waals surface area contributed by atoms with Crippen molar-refractivity contribution < 1.29 is 0 Å². The average molecular weight is 376 g/mol. The van der Waals surface area contributed by atoms with E-state index in [4.69, 9.17) is 0 Å². The standard InChI is InChI=1S/C20H24N8/c1-4-15-10-23-20-22-9-13(12-27(15)20)17-5-6-28-18(17)11-21-19(25-28)24-14-7-16(8-14)26(2)3/h5-6,9-12,14,16H,4,7-8H2,1-3H3,(H,24,25). The highest BCUT2D eigenvalue weighted by molar-refractivity contribution is 5.79. The number of aromatic nitrogens is 6. The lowest BCUT2D eigenvalue weighted by atomic mass is 9.86. The first-order valence-electron chi connectivity index (χ1n) is 9.72. The summed E-state index contributed by atoms with van der Waals surface area (Å²) in [6.07, 6.45) is 12.8. The SMILES string of the molecule is CCc1cnc2ncc(-c3ccn4nc(NC5CC(N(C)C)C5)ncc34)cn12. The summed E-state index contributed by atoms with van der Waals surface area (Å²) in [6.45, 7) is 2.12. The van der Waals surface area contributed by atoms with Crippen LogP contribution in [-0.2, 0) is 6.42 Å². The minimum absolute atomic E-state index is 0.445. The fourth-order valence-corrected chi connectivity index (χ4v) is 3.84. The molecular formula is C20H24N8. The van der Waals surface area contributed by atoms with E-state index in [1.807, 2.05) is 33.7 Å². The second kappa shape index (κ2) is 6.56. The predicted molar refractivity (Wildman–Crippen MR) is 108 cm³/mol. The van der Waals surface area contributed by atoms with Gasteiger partial charge < -0.3 is 10.2 Å². The molecule has 0 unspecified atom stereocenters. The van der Waals surface area contributed by atoms with Gasteiger partial charge in [0.2, 0.25) is 11.7 Å². The Bertz CT molecular complexity index is 1140. The average Bonchev–Trinajstić information content (AvgIpc) is 3.26. The maximum Gasteiger partial charge on any atom is 0.241 e. The van der Waals surface area contributed by atoms with E-state index in [-0.39, 0.29) is 0 Å². The van der Waals surface area contributed by atoms with Gasteiger partial charge in [0, 0.05) is 47.5 Å². The Kier molecular flexibility index (Phi) is 4.01. The van der Waals surface area contributed by atoms with Crippen LogP contribution in [0.5, 0.6) is 0 Å². The van der Waals surface area contributed by atoms with Crippen molar-refractivity contribution in [2.45, 2.75) is 38.3 Å². The lowest BCUT2D eigenvalue weighted by Gasteiger charge is -2.39. The molecule has 8 nitrogen and oxygen atoms in total. The van der Waals surface area contributed by atoms with Crippen molar-refractivity contribution in [2.75, 3.05) is 19.4 Å². The number of hydrogen-bond donors (Lipinski definition) is 1. The van der Waals surface area contributed by atoms with Gasteiger partial charge in [-0.15, -0.1) is 5.10 Å². The Morgan fingerprint density at radius 1 is 1.14 bits per heavy atom. The molecule has 4 aromatic rings. The van der Waals surface area contributed by atoms with Gasteiger partial charge in [0.05, 0.1) is 17.9 Å². The number of aryl methyl sites for hydroxylation is 1. The molecule has 28 heavy (non-hydrogen) atoms. The first kappa shape index (κ1) is 17.1. The Balaban J connectivity index is 1.42. The molecular weight excluding hydrogens is 352 g/mol. The quantitative estimate of drug-likeness (QED) is 0.577. The van der Waals surface area contributed by atoms with E-state index in [1.165, 1.54) is 0 Å². The van der Waals surface area contributed by atoms with Crippen molar-refractivity contribution in [1.82, 2.24) is 33.9 Å². The molecule has 1 fully saturated rings. The van der Waals surface area contributed by atoms with Gasteiger partial charge in [-0.3, -0.25) is 4.40 Å². The summed E-state index contributed by atoms with van der Waals surface area (Å²) in [5.74, 6) is 1.40. The maximum absolute atomic E-state index is 4.64. The van der Waals surface area contributed by atoms with Crippen molar-refractivity contribution >= 4 is 17.2 Å². The molecule has 1 N–H and O–H groups in total. The van der Waals surface area contributed by atoms with Gasteiger partial charge in [-0.25, -0.2) is 19.5 Å². The lowest BCUT2D eigenvalue weighted by Crippen LogP contribution is -2.47. The van der Waals surface area contributed by atoms with Crippen molar-refractivity contribution in [1.29, 1.82) is 0 Å². The summed E-state index contributed by atoms with van der Waals surface area (Å²) in [5, 5.41) is 8.09. The lowest BCUT2D eigenvalue weighted by molar-refractivity contribution is 0.177. The van der Waals surface area contributed by atoms with Crippen LogP contribution in [0.25, 0.3) is 22.4 Å². The summed E-state index contributed by atoms with van der Waals surface area (Å²) >= 11 is 0. The normalized spacial score (nSPS) is 19.4. The Morgan fingerprint density at radius 2 is 1.96 bits per heavy atom. The third kappa shape index (κ3) is 2.80. The highest BCUT2D eigenvalue weighted by atomic mass is 15.3. The second-order valence-electron chi connectivity index (χ2n) is 7.69. The molecule has 0 saturated heterocycles. The summed E-state index contributed by atoms with van der Waals surface area (Å²) < 4.78 is 3.93. The van der Waals surface area contributed by atoms with Gasteiger partial charge in [-0.05, 0) is 39.4 Å². The van der Waals surface area contributed by atoms with Crippen LogP contribution >= 0.6 is 0 Å². The number of nitrogens with one attached hydrogen (secondary N) is 1. The predicted octanol–water partition coefficient (Wildman–Crippen LogP) is 2.51. The van der Waals surface area contributed by atoms with E-state index < -0.39 is 0 Å². The number of rotatable bonds is 5. The van der Waals surface area contributed by atoms with Crippen molar-refractivity contribution in [3.05, 3.63) is 42.7 Å². The van der Waals surface area contributed by atoms with Crippen LogP contribution in [0.4, 0.5) is 5.95 Å². The molecule has 144 valence electrons. The second-order valence-corrected chi connectivity index (χ2v) is 7.69. The fraction of sp³-hybridized carbons (Fsp3) is 0.400. The third-order valence-corrected chi connectivity index (χ3v) is 5.71. The minimum Gasteiger partial charge on any atom is -0.350 e. The van der Waals surface area contributed by atoms with Crippen LogP contribution in [-0.4, -0.2) is 60.0 Å². The molecule has 0 atom stereocenters. The number of imidazole rings is 1. The number of fused-ring (bicyclic) bond motifs is 2. The molecule has 1 aliphatic carbocycles. The summed E-state index contributed by atoms with van der Waals surface area (Å²) in [6, 6.07) is 3.16. The molecule has 0 aromatic carbocycles. The van der Waals surface area contributed by atoms with E-state index in [0.29, 0.717) is 18.0 Å². The first-order chi connectivity index (χ1) is 13.6. The van der Waals surface area contributed by atoms with Crippen LogP contribution in [0.2, 0.25) is 0 Å². The smallest absolute Gasteiger partial charge is 0.241 e. The van der Waals surface area contributed by atoms with Crippen molar-refractivity contribution in [2.24, 2.45) is 0 Å². The first-order valence-corrected chi connectivity index (χ1v) is 9.72. The topological polar surface area (TPSA) is 75.7 Å².